The van der Waals surface area contributed by atoms with Gasteiger partial charge in [-0.2, -0.15) is 5.10 Å². The van der Waals surface area contributed by atoms with Crippen LogP contribution in [0, 0.1) is 12.7 Å². The lowest BCUT2D eigenvalue weighted by Crippen LogP contribution is -2.14. The van der Waals surface area contributed by atoms with Crippen LogP contribution in [0.25, 0.3) is 10.9 Å². The number of hydrogen-bond donors (Lipinski definition) is 2. The summed E-state index contributed by atoms with van der Waals surface area (Å²) in [5.74, 6) is -0.955. The molecule has 0 aliphatic heterocycles. The molecule has 0 unspecified atom stereocenters. The van der Waals surface area contributed by atoms with E-state index in [2.05, 4.69) is 15.5 Å². The lowest BCUT2D eigenvalue weighted by atomic mass is 10.1. The number of halogens is 1. The van der Waals surface area contributed by atoms with Gasteiger partial charge in [0.05, 0.1) is 17.3 Å². The highest BCUT2D eigenvalue weighted by molar-refractivity contribution is 6.05. The van der Waals surface area contributed by atoms with Crippen LogP contribution in [-0.2, 0) is 0 Å². The predicted molar refractivity (Wildman–Crippen MR) is 75.2 cm³/mol. The summed E-state index contributed by atoms with van der Waals surface area (Å²) in [4.78, 5) is 12.1. The highest BCUT2D eigenvalue weighted by atomic mass is 19.1. The van der Waals surface area contributed by atoms with Gasteiger partial charge >= 0.3 is 0 Å². The van der Waals surface area contributed by atoms with Gasteiger partial charge in [-0.1, -0.05) is 12.1 Å². The van der Waals surface area contributed by atoms with E-state index in [9.17, 15) is 9.18 Å². The molecule has 0 fully saturated rings. The highest BCUT2D eigenvalue weighted by Gasteiger charge is 2.13. The van der Waals surface area contributed by atoms with Crippen LogP contribution in [0.2, 0.25) is 0 Å². The fraction of sp³-hybridized carbons (Fsp3) is 0.0667. The molecular formula is C15H12FN3O. The number of aromatic amines is 1. The molecule has 5 heteroatoms. The number of aromatic nitrogens is 2. The van der Waals surface area contributed by atoms with Crippen molar-refractivity contribution in [3.05, 3.63) is 59.5 Å². The Labute approximate surface area is 114 Å². The lowest BCUT2D eigenvalue weighted by molar-refractivity contribution is 0.102. The first-order valence-electron chi connectivity index (χ1n) is 6.15. The van der Waals surface area contributed by atoms with Crippen molar-refractivity contribution in [1.29, 1.82) is 0 Å². The summed E-state index contributed by atoms with van der Waals surface area (Å²) in [7, 11) is 0. The molecule has 0 saturated carbocycles. The van der Waals surface area contributed by atoms with E-state index in [4.69, 9.17) is 0 Å². The Balaban J connectivity index is 1.90. The molecule has 2 aromatic carbocycles. The third-order valence-electron chi connectivity index (χ3n) is 3.13. The Bertz CT molecular complexity index is 795. The minimum atomic E-state index is -0.491. The molecule has 3 rings (SSSR count). The van der Waals surface area contributed by atoms with Crippen LogP contribution in [-0.4, -0.2) is 16.1 Å². The number of nitrogens with one attached hydrogen (secondary N) is 2. The molecule has 0 saturated heterocycles. The average molecular weight is 269 g/mol. The van der Waals surface area contributed by atoms with E-state index in [0.717, 1.165) is 10.9 Å². The number of hydrogen-bond acceptors (Lipinski definition) is 2. The smallest absolute Gasteiger partial charge is 0.258 e. The van der Waals surface area contributed by atoms with Crippen LogP contribution in [0.5, 0.6) is 0 Å². The molecule has 2 N–H and O–H groups in total. The molecule has 1 amide bonds. The molecule has 20 heavy (non-hydrogen) atoms. The van der Waals surface area contributed by atoms with E-state index in [-0.39, 0.29) is 5.56 Å². The Morgan fingerprint density at radius 2 is 2.15 bits per heavy atom. The summed E-state index contributed by atoms with van der Waals surface area (Å²) in [5, 5.41) is 10.3. The highest BCUT2D eigenvalue weighted by Crippen LogP contribution is 2.19. The number of aryl methyl sites for hydroxylation is 1. The summed E-state index contributed by atoms with van der Waals surface area (Å²) < 4.78 is 13.9. The first-order valence-corrected chi connectivity index (χ1v) is 6.15. The van der Waals surface area contributed by atoms with Crippen molar-refractivity contribution in [3.8, 4) is 0 Å². The number of carbonyl (C=O) groups excluding carboxylic acids is 1. The van der Waals surface area contributed by atoms with Crippen LogP contribution in [0.1, 0.15) is 15.9 Å². The van der Waals surface area contributed by atoms with Crippen molar-refractivity contribution >= 4 is 22.5 Å². The van der Waals surface area contributed by atoms with Crippen molar-refractivity contribution in [2.45, 2.75) is 6.92 Å². The Morgan fingerprint density at radius 3 is 3.00 bits per heavy atom. The normalized spacial score (nSPS) is 10.7. The third-order valence-corrected chi connectivity index (χ3v) is 3.13. The third kappa shape index (κ3) is 2.14. The SMILES string of the molecule is Cc1cccc(C(=O)Nc2ccc3[nH]ncc3c2)c1F. The average Bonchev–Trinajstić information content (AvgIpc) is 2.89. The number of amides is 1. The number of benzene rings is 2. The summed E-state index contributed by atoms with van der Waals surface area (Å²) in [6, 6.07) is 10.1. The lowest BCUT2D eigenvalue weighted by Gasteiger charge is -2.07. The molecule has 0 spiro atoms. The van der Waals surface area contributed by atoms with Gasteiger partial charge in [-0.15, -0.1) is 0 Å². The summed E-state index contributed by atoms with van der Waals surface area (Å²) >= 11 is 0. The first kappa shape index (κ1) is 12.3. The molecule has 0 bridgehead atoms. The zero-order valence-corrected chi connectivity index (χ0v) is 10.8. The molecule has 100 valence electrons. The standard InChI is InChI=1S/C15H12FN3O/c1-9-3-2-4-12(14(9)16)15(20)18-11-5-6-13-10(7-11)8-17-19-13/h2-8H,1H3,(H,17,19)(H,18,20). The summed E-state index contributed by atoms with van der Waals surface area (Å²) in [5.41, 5.74) is 1.97. The predicted octanol–water partition coefficient (Wildman–Crippen LogP) is 3.26. The number of fused-ring (bicyclic) bond motifs is 1. The van der Waals surface area contributed by atoms with Crippen LogP contribution < -0.4 is 5.32 Å². The second-order valence-electron chi connectivity index (χ2n) is 4.56. The van der Waals surface area contributed by atoms with Gasteiger partial charge < -0.3 is 5.32 Å². The second-order valence-corrected chi connectivity index (χ2v) is 4.56. The molecule has 0 aliphatic rings. The van der Waals surface area contributed by atoms with Gasteiger partial charge in [0.2, 0.25) is 0 Å². The Morgan fingerprint density at radius 1 is 1.30 bits per heavy atom. The number of carbonyl (C=O) groups is 1. The Kier molecular flexibility index (Phi) is 2.95. The molecule has 4 nitrogen and oxygen atoms in total. The number of rotatable bonds is 2. The van der Waals surface area contributed by atoms with E-state index in [1.165, 1.54) is 6.07 Å². The zero-order valence-electron chi connectivity index (χ0n) is 10.8. The van der Waals surface area contributed by atoms with Gasteiger partial charge in [-0.05, 0) is 36.8 Å². The fourth-order valence-corrected chi connectivity index (χ4v) is 2.04. The van der Waals surface area contributed by atoms with E-state index in [1.807, 2.05) is 6.07 Å². The molecule has 3 aromatic rings. The first-order chi connectivity index (χ1) is 9.65. The minimum Gasteiger partial charge on any atom is -0.322 e. The quantitative estimate of drug-likeness (QED) is 0.750. The monoisotopic (exact) mass is 269 g/mol. The van der Waals surface area contributed by atoms with Crippen LogP contribution in [0.4, 0.5) is 10.1 Å². The van der Waals surface area contributed by atoms with Crippen LogP contribution in [0.15, 0.2) is 42.6 Å². The van der Waals surface area contributed by atoms with Crippen molar-refractivity contribution in [2.24, 2.45) is 0 Å². The van der Waals surface area contributed by atoms with Gasteiger partial charge in [-0.3, -0.25) is 9.89 Å². The topological polar surface area (TPSA) is 57.8 Å². The zero-order chi connectivity index (χ0) is 14.1. The Hall–Kier alpha value is -2.69. The summed E-state index contributed by atoms with van der Waals surface area (Å²) in [6.07, 6.45) is 1.66. The molecule has 1 aromatic heterocycles. The van der Waals surface area contributed by atoms with Crippen molar-refractivity contribution in [2.75, 3.05) is 5.32 Å². The van der Waals surface area contributed by atoms with Crippen molar-refractivity contribution in [3.63, 3.8) is 0 Å². The maximum Gasteiger partial charge on any atom is 0.258 e. The number of nitrogens with zero attached hydrogens (tertiary/aromatic N) is 1. The van der Waals surface area contributed by atoms with Crippen molar-refractivity contribution in [1.82, 2.24) is 10.2 Å². The van der Waals surface area contributed by atoms with Gasteiger partial charge in [0.15, 0.2) is 0 Å². The molecule has 0 radical (unpaired) electrons. The van der Waals surface area contributed by atoms with E-state index in [1.54, 1.807) is 37.4 Å². The largest absolute Gasteiger partial charge is 0.322 e. The van der Waals surface area contributed by atoms with Crippen molar-refractivity contribution < 1.29 is 9.18 Å². The van der Waals surface area contributed by atoms with Gasteiger partial charge in [0, 0.05) is 11.1 Å². The van der Waals surface area contributed by atoms with Gasteiger partial charge in [0.1, 0.15) is 5.82 Å². The minimum absolute atomic E-state index is 0.0392. The van der Waals surface area contributed by atoms with E-state index in [0.29, 0.717) is 11.3 Å². The second kappa shape index (κ2) is 4.77. The van der Waals surface area contributed by atoms with Crippen LogP contribution in [0.3, 0.4) is 0 Å². The van der Waals surface area contributed by atoms with E-state index < -0.39 is 11.7 Å². The molecule has 0 atom stereocenters. The maximum absolute atomic E-state index is 13.9. The van der Waals surface area contributed by atoms with Gasteiger partial charge in [0.25, 0.3) is 5.91 Å². The van der Waals surface area contributed by atoms with E-state index >= 15 is 0 Å². The molecule has 1 heterocycles. The maximum atomic E-state index is 13.9. The fourth-order valence-electron chi connectivity index (χ4n) is 2.04. The summed E-state index contributed by atoms with van der Waals surface area (Å²) in [6.45, 7) is 1.63. The van der Waals surface area contributed by atoms with Crippen LogP contribution >= 0.6 is 0 Å². The number of H-pyrrole nitrogens is 1. The number of anilines is 1. The molecular weight excluding hydrogens is 257 g/mol. The molecule has 0 aliphatic carbocycles. The van der Waals surface area contributed by atoms with Gasteiger partial charge in [-0.25, -0.2) is 4.39 Å².